The molecule has 0 saturated carbocycles. The minimum Gasteiger partial charge on any atom is -0.383 e. The standard InChI is InChI=1S/C15H24N4O2/c1-21-12-14(15(20)17-16)19-9-7-18(8-10-19)11-13-5-3-2-4-6-13/h2-6,14H,7-12,16H2,1H3,(H,17,20). The Labute approximate surface area is 125 Å². The normalized spacial score (nSPS) is 18.4. The fraction of sp³-hybridized carbons (Fsp3) is 0.533. The number of ether oxygens (including phenoxy) is 1. The number of nitrogens with two attached hydrogens (primary N) is 1. The zero-order chi connectivity index (χ0) is 15.1. The van der Waals surface area contributed by atoms with Gasteiger partial charge in [0.1, 0.15) is 6.04 Å². The lowest BCUT2D eigenvalue weighted by molar-refractivity contribution is -0.129. The van der Waals surface area contributed by atoms with Crippen molar-refractivity contribution in [2.45, 2.75) is 12.6 Å². The highest BCUT2D eigenvalue weighted by atomic mass is 16.5. The second kappa shape index (κ2) is 8.09. The Kier molecular flexibility index (Phi) is 6.13. The molecule has 0 radical (unpaired) electrons. The monoisotopic (exact) mass is 292 g/mol. The molecular formula is C15H24N4O2. The lowest BCUT2D eigenvalue weighted by Crippen LogP contribution is -2.57. The molecule has 1 heterocycles. The van der Waals surface area contributed by atoms with E-state index in [0.29, 0.717) is 6.61 Å². The number of hydrogen-bond donors (Lipinski definition) is 2. The molecule has 3 N–H and O–H groups in total. The molecule has 1 fully saturated rings. The number of carbonyl (C=O) groups is 1. The predicted octanol–water partition coefficient (Wildman–Crippen LogP) is -0.191. The van der Waals surface area contributed by atoms with E-state index in [4.69, 9.17) is 10.6 Å². The highest BCUT2D eigenvalue weighted by Crippen LogP contribution is 2.11. The first kappa shape index (κ1) is 15.9. The maximum absolute atomic E-state index is 11.8. The average molecular weight is 292 g/mol. The Morgan fingerprint density at radius 2 is 1.95 bits per heavy atom. The van der Waals surface area contributed by atoms with Gasteiger partial charge in [-0.15, -0.1) is 0 Å². The number of hydrogen-bond acceptors (Lipinski definition) is 5. The van der Waals surface area contributed by atoms with Gasteiger partial charge >= 0.3 is 0 Å². The summed E-state index contributed by atoms with van der Waals surface area (Å²) >= 11 is 0. The number of carbonyl (C=O) groups excluding carboxylic acids is 1. The predicted molar refractivity (Wildman–Crippen MR) is 81.3 cm³/mol. The Balaban J connectivity index is 1.85. The van der Waals surface area contributed by atoms with Crippen LogP contribution >= 0.6 is 0 Å². The van der Waals surface area contributed by atoms with E-state index in [2.05, 4.69) is 39.5 Å². The molecule has 21 heavy (non-hydrogen) atoms. The van der Waals surface area contributed by atoms with Gasteiger partial charge in [0.2, 0.25) is 0 Å². The summed E-state index contributed by atoms with van der Waals surface area (Å²) in [6.45, 7) is 4.87. The van der Waals surface area contributed by atoms with Gasteiger partial charge in [0.05, 0.1) is 6.61 Å². The number of benzene rings is 1. The van der Waals surface area contributed by atoms with Crippen LogP contribution in [0.3, 0.4) is 0 Å². The number of nitrogens with zero attached hydrogens (tertiary/aromatic N) is 2. The van der Waals surface area contributed by atoms with E-state index < -0.39 is 0 Å². The van der Waals surface area contributed by atoms with E-state index >= 15 is 0 Å². The fourth-order valence-corrected chi connectivity index (χ4v) is 2.68. The van der Waals surface area contributed by atoms with Gasteiger partial charge in [-0.1, -0.05) is 30.3 Å². The summed E-state index contributed by atoms with van der Waals surface area (Å²) in [5.74, 6) is 5.06. The molecule has 1 aromatic rings. The minimum atomic E-state index is -0.307. The van der Waals surface area contributed by atoms with E-state index in [9.17, 15) is 4.79 Å². The Morgan fingerprint density at radius 3 is 2.52 bits per heavy atom. The van der Waals surface area contributed by atoms with Crippen LogP contribution in [0, 0.1) is 0 Å². The van der Waals surface area contributed by atoms with E-state index in [1.54, 1.807) is 7.11 Å². The van der Waals surface area contributed by atoms with Crippen molar-refractivity contribution in [3.63, 3.8) is 0 Å². The summed E-state index contributed by atoms with van der Waals surface area (Å²) in [5.41, 5.74) is 3.54. The number of hydrazine groups is 1. The van der Waals surface area contributed by atoms with Crippen molar-refractivity contribution >= 4 is 5.91 Å². The quantitative estimate of drug-likeness (QED) is 0.432. The molecule has 1 aromatic carbocycles. The molecule has 1 amide bonds. The van der Waals surface area contributed by atoms with E-state index in [1.165, 1.54) is 5.56 Å². The van der Waals surface area contributed by atoms with Gasteiger partial charge < -0.3 is 4.74 Å². The van der Waals surface area contributed by atoms with Crippen LogP contribution in [0.25, 0.3) is 0 Å². The van der Waals surface area contributed by atoms with Crippen LogP contribution in [0.2, 0.25) is 0 Å². The number of piperazine rings is 1. The van der Waals surface area contributed by atoms with Crippen LogP contribution in [0.4, 0.5) is 0 Å². The molecular weight excluding hydrogens is 268 g/mol. The lowest BCUT2D eigenvalue weighted by atomic mass is 10.1. The van der Waals surface area contributed by atoms with Gasteiger partial charge in [0, 0.05) is 39.8 Å². The number of nitrogens with one attached hydrogen (secondary N) is 1. The van der Waals surface area contributed by atoms with Crippen molar-refractivity contribution in [3.05, 3.63) is 35.9 Å². The van der Waals surface area contributed by atoms with Crippen molar-refractivity contribution in [2.24, 2.45) is 5.84 Å². The smallest absolute Gasteiger partial charge is 0.253 e. The van der Waals surface area contributed by atoms with Crippen molar-refractivity contribution in [2.75, 3.05) is 39.9 Å². The van der Waals surface area contributed by atoms with Gasteiger partial charge in [0.25, 0.3) is 5.91 Å². The highest BCUT2D eigenvalue weighted by Gasteiger charge is 2.28. The zero-order valence-corrected chi connectivity index (χ0v) is 12.5. The first-order valence-corrected chi connectivity index (χ1v) is 7.24. The summed E-state index contributed by atoms with van der Waals surface area (Å²) in [5, 5.41) is 0. The van der Waals surface area contributed by atoms with Crippen LogP contribution in [-0.4, -0.2) is 61.6 Å². The fourth-order valence-electron chi connectivity index (χ4n) is 2.68. The molecule has 1 unspecified atom stereocenters. The third-order valence-corrected chi connectivity index (χ3v) is 3.87. The molecule has 6 heteroatoms. The molecule has 0 aromatic heterocycles. The van der Waals surface area contributed by atoms with Crippen LogP contribution < -0.4 is 11.3 Å². The Bertz CT molecular complexity index is 433. The second-order valence-electron chi connectivity index (χ2n) is 5.28. The summed E-state index contributed by atoms with van der Waals surface area (Å²) in [6, 6.07) is 10.1. The summed E-state index contributed by atoms with van der Waals surface area (Å²) in [4.78, 5) is 16.3. The zero-order valence-electron chi connectivity index (χ0n) is 12.5. The van der Waals surface area contributed by atoms with Crippen LogP contribution in [-0.2, 0) is 16.1 Å². The first-order chi connectivity index (χ1) is 10.2. The molecule has 0 spiro atoms. The van der Waals surface area contributed by atoms with Gasteiger partial charge in [-0.25, -0.2) is 5.84 Å². The molecule has 1 aliphatic rings. The van der Waals surface area contributed by atoms with Crippen LogP contribution in [0.5, 0.6) is 0 Å². The van der Waals surface area contributed by atoms with Crippen molar-refractivity contribution < 1.29 is 9.53 Å². The van der Waals surface area contributed by atoms with E-state index in [-0.39, 0.29) is 11.9 Å². The van der Waals surface area contributed by atoms with E-state index in [0.717, 1.165) is 32.7 Å². The molecule has 1 atom stereocenters. The molecule has 1 saturated heterocycles. The molecule has 0 aliphatic carbocycles. The summed E-state index contributed by atoms with van der Waals surface area (Å²) < 4.78 is 5.13. The molecule has 0 bridgehead atoms. The third kappa shape index (κ3) is 4.50. The Hall–Kier alpha value is -1.47. The van der Waals surface area contributed by atoms with E-state index in [1.807, 2.05) is 6.07 Å². The van der Waals surface area contributed by atoms with Crippen molar-refractivity contribution in [3.8, 4) is 0 Å². The Morgan fingerprint density at radius 1 is 1.29 bits per heavy atom. The van der Waals surface area contributed by atoms with Crippen molar-refractivity contribution in [1.82, 2.24) is 15.2 Å². The largest absolute Gasteiger partial charge is 0.383 e. The number of methoxy groups -OCH3 is 1. The minimum absolute atomic E-state index is 0.187. The van der Waals surface area contributed by atoms with Gasteiger partial charge in [0.15, 0.2) is 0 Å². The topological polar surface area (TPSA) is 70.8 Å². The maximum Gasteiger partial charge on any atom is 0.253 e. The SMILES string of the molecule is COCC(C(=O)NN)N1CCN(Cc2ccccc2)CC1. The number of amides is 1. The molecule has 116 valence electrons. The lowest BCUT2D eigenvalue weighted by Gasteiger charge is -2.38. The van der Waals surface area contributed by atoms with Gasteiger partial charge in [-0.2, -0.15) is 0 Å². The maximum atomic E-state index is 11.8. The van der Waals surface area contributed by atoms with Gasteiger partial charge in [-0.05, 0) is 5.56 Å². The summed E-state index contributed by atoms with van der Waals surface area (Å²) in [7, 11) is 1.60. The third-order valence-electron chi connectivity index (χ3n) is 3.87. The first-order valence-electron chi connectivity index (χ1n) is 7.24. The van der Waals surface area contributed by atoms with Crippen LogP contribution in [0.15, 0.2) is 30.3 Å². The van der Waals surface area contributed by atoms with Gasteiger partial charge in [-0.3, -0.25) is 20.0 Å². The number of rotatable bonds is 6. The second-order valence-corrected chi connectivity index (χ2v) is 5.28. The van der Waals surface area contributed by atoms with Crippen molar-refractivity contribution in [1.29, 1.82) is 0 Å². The molecule has 6 nitrogen and oxygen atoms in total. The average Bonchev–Trinajstić information content (AvgIpc) is 2.54. The molecule has 2 rings (SSSR count). The summed E-state index contributed by atoms with van der Waals surface area (Å²) in [6.07, 6.45) is 0. The molecule has 1 aliphatic heterocycles. The highest BCUT2D eigenvalue weighted by molar-refractivity contribution is 5.81. The van der Waals surface area contributed by atoms with Crippen LogP contribution in [0.1, 0.15) is 5.56 Å².